The Balaban J connectivity index is 2.49. The second kappa shape index (κ2) is 4.19. The monoisotopic (exact) mass is 219 g/mol. The van der Waals surface area contributed by atoms with Crippen molar-refractivity contribution in [2.75, 3.05) is 5.75 Å². The highest BCUT2D eigenvalue weighted by Crippen LogP contribution is 2.20. The van der Waals surface area contributed by atoms with Gasteiger partial charge in [0.2, 0.25) is 10.0 Å². The van der Waals surface area contributed by atoms with Gasteiger partial charge in [-0.1, -0.05) is 33.6 Å². The van der Waals surface area contributed by atoms with E-state index >= 15 is 0 Å². The van der Waals surface area contributed by atoms with Gasteiger partial charge in [-0.25, -0.2) is 13.1 Å². The molecule has 0 aromatic heterocycles. The highest BCUT2D eigenvalue weighted by atomic mass is 32.2. The average molecular weight is 219 g/mol. The van der Waals surface area contributed by atoms with Gasteiger partial charge in [-0.15, -0.1) is 0 Å². The predicted molar refractivity (Wildman–Crippen MR) is 58.6 cm³/mol. The fourth-order valence-electron chi connectivity index (χ4n) is 1.91. The molecule has 0 spiro atoms. The zero-order chi connectivity index (χ0) is 10.8. The second-order valence-corrected chi connectivity index (χ2v) is 7.17. The van der Waals surface area contributed by atoms with Gasteiger partial charge >= 0.3 is 0 Å². The summed E-state index contributed by atoms with van der Waals surface area (Å²) in [5.74, 6) is 0.219. The Bertz CT molecular complexity index is 271. The highest BCUT2D eigenvalue weighted by molar-refractivity contribution is 7.89. The highest BCUT2D eigenvalue weighted by Gasteiger charge is 2.25. The maximum atomic E-state index is 11.7. The lowest BCUT2D eigenvalue weighted by molar-refractivity contribution is 0.453. The van der Waals surface area contributed by atoms with Gasteiger partial charge in [0.15, 0.2) is 0 Å². The topological polar surface area (TPSA) is 46.2 Å². The molecule has 0 aromatic carbocycles. The summed E-state index contributed by atoms with van der Waals surface area (Å²) in [7, 11) is -3.07. The second-order valence-electron chi connectivity index (χ2n) is 5.42. The Morgan fingerprint density at radius 3 is 2.14 bits per heavy atom. The van der Waals surface area contributed by atoms with Gasteiger partial charge in [0.25, 0.3) is 0 Å². The molecule has 4 heteroatoms. The predicted octanol–water partition coefficient (Wildman–Crippen LogP) is 1.89. The average Bonchev–Trinajstić information content (AvgIpc) is 2.31. The van der Waals surface area contributed by atoms with Crippen LogP contribution in [0.15, 0.2) is 0 Å². The minimum absolute atomic E-state index is 0.162. The third kappa shape index (κ3) is 4.42. The van der Waals surface area contributed by atoms with E-state index in [4.69, 9.17) is 0 Å². The van der Waals surface area contributed by atoms with Crippen LogP contribution in [-0.2, 0) is 10.0 Å². The minimum Gasteiger partial charge on any atom is -0.212 e. The molecular formula is C10H21NO2S. The van der Waals surface area contributed by atoms with E-state index < -0.39 is 10.0 Å². The van der Waals surface area contributed by atoms with Crippen LogP contribution < -0.4 is 4.72 Å². The first-order valence-electron chi connectivity index (χ1n) is 5.28. The first-order chi connectivity index (χ1) is 6.29. The molecule has 1 aliphatic carbocycles. The molecule has 0 atom stereocenters. The number of hydrogen-bond donors (Lipinski definition) is 1. The lowest BCUT2D eigenvalue weighted by atomic mass is 10.0. The largest absolute Gasteiger partial charge is 0.212 e. The van der Waals surface area contributed by atoms with Gasteiger partial charge in [0.05, 0.1) is 5.75 Å². The Morgan fingerprint density at radius 1 is 1.21 bits per heavy atom. The van der Waals surface area contributed by atoms with Gasteiger partial charge in [-0.05, 0) is 18.3 Å². The molecule has 14 heavy (non-hydrogen) atoms. The molecular weight excluding hydrogens is 198 g/mol. The first kappa shape index (κ1) is 12.0. The van der Waals surface area contributed by atoms with E-state index in [1.54, 1.807) is 0 Å². The van der Waals surface area contributed by atoms with Gasteiger partial charge in [-0.2, -0.15) is 0 Å². The quantitative estimate of drug-likeness (QED) is 0.788. The van der Waals surface area contributed by atoms with Crippen LogP contribution in [0.25, 0.3) is 0 Å². The van der Waals surface area contributed by atoms with Crippen molar-refractivity contribution in [1.29, 1.82) is 0 Å². The van der Waals surface area contributed by atoms with E-state index in [1.165, 1.54) is 0 Å². The maximum absolute atomic E-state index is 11.7. The zero-order valence-electron chi connectivity index (χ0n) is 9.34. The van der Waals surface area contributed by atoms with E-state index in [2.05, 4.69) is 4.72 Å². The van der Waals surface area contributed by atoms with Crippen molar-refractivity contribution >= 4 is 10.0 Å². The number of hydrogen-bond acceptors (Lipinski definition) is 2. The van der Waals surface area contributed by atoms with Crippen LogP contribution in [0.2, 0.25) is 0 Å². The molecule has 1 saturated carbocycles. The SMILES string of the molecule is CC(C)(C)CS(=O)(=O)NC1CCCC1. The lowest BCUT2D eigenvalue weighted by Gasteiger charge is -2.20. The van der Waals surface area contributed by atoms with Crippen molar-refractivity contribution in [3.8, 4) is 0 Å². The summed E-state index contributed by atoms with van der Waals surface area (Å²) in [6, 6.07) is 0.197. The fourth-order valence-corrected chi connectivity index (χ4v) is 3.88. The summed E-state index contributed by atoms with van der Waals surface area (Å²) in [4.78, 5) is 0. The number of rotatable bonds is 3. The summed E-state index contributed by atoms with van der Waals surface area (Å²) in [6.45, 7) is 5.84. The van der Waals surface area contributed by atoms with Gasteiger partial charge < -0.3 is 0 Å². The van der Waals surface area contributed by atoms with Crippen LogP contribution >= 0.6 is 0 Å². The molecule has 1 N–H and O–H groups in total. The standard InChI is InChI=1S/C10H21NO2S/c1-10(2,3)8-14(12,13)11-9-6-4-5-7-9/h9,11H,4-8H2,1-3H3. The van der Waals surface area contributed by atoms with Crippen LogP contribution in [0.4, 0.5) is 0 Å². The molecule has 1 rings (SSSR count). The minimum atomic E-state index is -3.07. The van der Waals surface area contributed by atoms with Gasteiger partial charge in [0.1, 0.15) is 0 Å². The van der Waals surface area contributed by atoms with Crippen molar-refractivity contribution in [3.63, 3.8) is 0 Å². The third-order valence-corrected chi connectivity index (χ3v) is 4.26. The molecule has 0 bridgehead atoms. The van der Waals surface area contributed by atoms with Crippen LogP contribution in [0.1, 0.15) is 46.5 Å². The van der Waals surface area contributed by atoms with E-state index in [1.807, 2.05) is 20.8 Å². The first-order valence-corrected chi connectivity index (χ1v) is 6.94. The van der Waals surface area contributed by atoms with Crippen LogP contribution in [0.3, 0.4) is 0 Å². The van der Waals surface area contributed by atoms with Gasteiger partial charge in [-0.3, -0.25) is 0 Å². The van der Waals surface area contributed by atoms with Crippen molar-refractivity contribution < 1.29 is 8.42 Å². The molecule has 0 unspecified atom stereocenters. The van der Waals surface area contributed by atoms with E-state index in [-0.39, 0.29) is 17.2 Å². The lowest BCUT2D eigenvalue weighted by Crippen LogP contribution is -2.37. The van der Waals surface area contributed by atoms with E-state index in [0.29, 0.717) is 0 Å². The molecule has 0 radical (unpaired) electrons. The van der Waals surface area contributed by atoms with Crippen molar-refractivity contribution in [2.24, 2.45) is 5.41 Å². The third-order valence-electron chi connectivity index (χ3n) is 2.32. The van der Waals surface area contributed by atoms with Crippen LogP contribution in [0.5, 0.6) is 0 Å². The van der Waals surface area contributed by atoms with E-state index in [9.17, 15) is 8.42 Å². The zero-order valence-corrected chi connectivity index (χ0v) is 10.2. The van der Waals surface area contributed by atoms with Crippen molar-refractivity contribution in [1.82, 2.24) is 4.72 Å². The number of nitrogens with one attached hydrogen (secondary N) is 1. The van der Waals surface area contributed by atoms with Crippen LogP contribution in [-0.4, -0.2) is 20.2 Å². The molecule has 0 aromatic rings. The van der Waals surface area contributed by atoms with Crippen LogP contribution in [0, 0.1) is 5.41 Å². The summed E-state index contributed by atoms with van der Waals surface area (Å²) in [5.41, 5.74) is -0.162. The summed E-state index contributed by atoms with van der Waals surface area (Å²) < 4.78 is 26.2. The van der Waals surface area contributed by atoms with E-state index in [0.717, 1.165) is 25.7 Å². The van der Waals surface area contributed by atoms with Gasteiger partial charge in [0, 0.05) is 6.04 Å². The maximum Gasteiger partial charge on any atom is 0.212 e. The Kier molecular flexibility index (Phi) is 3.58. The molecule has 1 aliphatic rings. The summed E-state index contributed by atoms with van der Waals surface area (Å²) >= 11 is 0. The molecule has 0 amide bonds. The fraction of sp³-hybridized carbons (Fsp3) is 1.00. The molecule has 0 aliphatic heterocycles. The molecule has 0 saturated heterocycles. The Morgan fingerprint density at radius 2 is 1.71 bits per heavy atom. The molecule has 0 heterocycles. The molecule has 84 valence electrons. The Hall–Kier alpha value is -0.0900. The molecule has 1 fully saturated rings. The summed E-state index contributed by atoms with van der Waals surface area (Å²) in [5, 5.41) is 0. The van der Waals surface area contributed by atoms with Crippen molar-refractivity contribution in [3.05, 3.63) is 0 Å². The molecule has 3 nitrogen and oxygen atoms in total. The number of sulfonamides is 1. The smallest absolute Gasteiger partial charge is 0.212 e. The Labute approximate surface area is 87.3 Å². The summed E-state index contributed by atoms with van der Waals surface area (Å²) in [6.07, 6.45) is 4.32. The van der Waals surface area contributed by atoms with Crippen molar-refractivity contribution in [2.45, 2.75) is 52.5 Å². The normalized spacial score (nSPS) is 20.2.